The van der Waals surface area contributed by atoms with Gasteiger partial charge >= 0.3 is 0 Å². The van der Waals surface area contributed by atoms with Gasteiger partial charge in [-0.15, -0.1) is 0 Å². The van der Waals surface area contributed by atoms with Crippen molar-refractivity contribution in [3.63, 3.8) is 0 Å². The van der Waals surface area contributed by atoms with Crippen LogP contribution < -0.4 is 19.7 Å². The number of benzene rings is 3. The smallest absolute Gasteiger partial charge is 0.240 e. The van der Waals surface area contributed by atoms with Gasteiger partial charge in [0.15, 0.2) is 0 Å². The average molecular weight is 562 g/mol. The van der Waals surface area contributed by atoms with Gasteiger partial charge in [0.2, 0.25) is 5.91 Å². The molecule has 1 aliphatic heterocycles. The number of nitrogens with zero attached hydrogens (tertiary/aromatic N) is 1. The fourth-order valence-corrected chi connectivity index (χ4v) is 4.07. The van der Waals surface area contributed by atoms with E-state index in [9.17, 15) is 4.79 Å². The van der Waals surface area contributed by atoms with Crippen LogP contribution in [-0.2, 0) is 27.5 Å². The van der Waals surface area contributed by atoms with E-state index in [1.165, 1.54) is 0 Å². The van der Waals surface area contributed by atoms with Gasteiger partial charge in [-0.3, -0.25) is 4.79 Å². The molecule has 4 rings (SSSR count). The lowest BCUT2D eigenvalue weighted by molar-refractivity contribution is -0.118. The second kappa shape index (κ2) is 16.2. The summed E-state index contributed by atoms with van der Waals surface area (Å²) in [5.74, 6) is 1.74. The van der Waals surface area contributed by atoms with E-state index in [1.54, 1.807) is 31.3 Å². The van der Waals surface area contributed by atoms with Gasteiger partial charge in [0.05, 0.1) is 50.1 Å². The van der Waals surface area contributed by atoms with E-state index in [2.05, 4.69) is 5.32 Å². The second-order valence-electron chi connectivity index (χ2n) is 8.46. The number of amides is 1. The van der Waals surface area contributed by atoms with Gasteiger partial charge in [-0.1, -0.05) is 47.5 Å². The Morgan fingerprint density at radius 1 is 0.921 bits per heavy atom. The van der Waals surface area contributed by atoms with Crippen molar-refractivity contribution in [2.75, 3.05) is 52.0 Å². The summed E-state index contributed by atoms with van der Waals surface area (Å²) >= 11 is 11.5. The van der Waals surface area contributed by atoms with Gasteiger partial charge in [0.25, 0.3) is 0 Å². The first-order valence-corrected chi connectivity index (χ1v) is 13.1. The first kappa shape index (κ1) is 29.7. The molecule has 38 heavy (non-hydrogen) atoms. The molecule has 9 heteroatoms. The number of nitrogens with one attached hydrogen (secondary N) is 1. The molecule has 0 unspecified atom stereocenters. The summed E-state index contributed by atoms with van der Waals surface area (Å²) in [6.07, 6.45) is 0.799. The minimum absolute atomic E-state index is 0.0992. The lowest BCUT2D eigenvalue weighted by Crippen LogP contribution is -2.48. The highest BCUT2D eigenvalue weighted by molar-refractivity contribution is 6.42. The molecule has 1 N–H and O–H groups in total. The van der Waals surface area contributed by atoms with Gasteiger partial charge < -0.3 is 29.2 Å². The van der Waals surface area contributed by atoms with Gasteiger partial charge in [-0.2, -0.15) is 0 Å². The molecule has 0 radical (unpaired) electrons. The summed E-state index contributed by atoms with van der Waals surface area (Å²) in [5, 5.41) is 4.22. The van der Waals surface area contributed by atoms with Crippen LogP contribution in [0.3, 0.4) is 0 Å². The summed E-state index contributed by atoms with van der Waals surface area (Å²) in [7, 11) is 3.30. The van der Waals surface area contributed by atoms with Crippen molar-refractivity contribution < 1.29 is 23.7 Å². The largest absolute Gasteiger partial charge is 0.496 e. The number of carbonyl (C=O) groups excluding carboxylic acids is 1. The average Bonchev–Trinajstić information content (AvgIpc) is 2.94. The van der Waals surface area contributed by atoms with Gasteiger partial charge in [-0.25, -0.2) is 0 Å². The van der Waals surface area contributed by atoms with Gasteiger partial charge in [0, 0.05) is 37.9 Å². The zero-order chi connectivity index (χ0) is 27.2. The predicted molar refractivity (Wildman–Crippen MR) is 152 cm³/mol. The van der Waals surface area contributed by atoms with Crippen LogP contribution in [-0.4, -0.2) is 53.0 Å². The predicted octanol–water partition coefficient (Wildman–Crippen LogP) is 5.76. The Labute approximate surface area is 234 Å². The topological polar surface area (TPSA) is 69.3 Å². The van der Waals surface area contributed by atoms with E-state index in [-0.39, 0.29) is 5.91 Å². The molecule has 0 spiro atoms. The number of halogens is 2. The van der Waals surface area contributed by atoms with Crippen LogP contribution >= 0.6 is 23.2 Å². The molecule has 1 amide bonds. The Morgan fingerprint density at radius 2 is 1.71 bits per heavy atom. The fraction of sp³-hybridized carbons (Fsp3) is 0.345. The van der Waals surface area contributed by atoms with E-state index in [4.69, 9.17) is 42.1 Å². The summed E-state index contributed by atoms with van der Waals surface area (Å²) in [6, 6.07) is 21.0. The van der Waals surface area contributed by atoms with Crippen LogP contribution in [0, 0.1) is 0 Å². The molecule has 0 aliphatic carbocycles. The van der Waals surface area contributed by atoms with E-state index in [0.29, 0.717) is 49.6 Å². The molecule has 3 aromatic rings. The first-order valence-electron chi connectivity index (χ1n) is 12.4. The lowest BCUT2D eigenvalue weighted by atomic mass is 10.2. The normalized spacial score (nSPS) is 13.1. The fourth-order valence-electron chi connectivity index (χ4n) is 3.75. The number of carbonyl (C=O) groups is 1. The number of anilines is 1. The van der Waals surface area contributed by atoms with Crippen molar-refractivity contribution in [1.82, 2.24) is 5.32 Å². The molecule has 1 fully saturated rings. The van der Waals surface area contributed by atoms with Crippen molar-refractivity contribution in [2.45, 2.75) is 19.6 Å². The van der Waals surface area contributed by atoms with Crippen LogP contribution in [0.15, 0.2) is 66.7 Å². The summed E-state index contributed by atoms with van der Waals surface area (Å²) in [6.45, 7) is 4.20. The Balaban J connectivity index is 0.000000304. The number of piperazine rings is 1. The third kappa shape index (κ3) is 9.49. The van der Waals surface area contributed by atoms with E-state index < -0.39 is 0 Å². The van der Waals surface area contributed by atoms with Crippen molar-refractivity contribution in [2.24, 2.45) is 0 Å². The maximum atomic E-state index is 11.9. The molecule has 1 aliphatic rings. The number of ether oxygens (including phenoxy) is 4. The van der Waals surface area contributed by atoms with E-state index in [1.807, 2.05) is 54.6 Å². The molecule has 0 bridgehead atoms. The summed E-state index contributed by atoms with van der Waals surface area (Å²) in [4.78, 5) is 13.7. The maximum absolute atomic E-state index is 11.9. The van der Waals surface area contributed by atoms with Crippen LogP contribution in [0.4, 0.5) is 5.69 Å². The van der Waals surface area contributed by atoms with E-state index >= 15 is 0 Å². The Kier molecular flexibility index (Phi) is 12.7. The van der Waals surface area contributed by atoms with E-state index in [0.717, 1.165) is 41.3 Å². The van der Waals surface area contributed by atoms with Crippen molar-refractivity contribution in [3.05, 3.63) is 87.9 Å². The lowest BCUT2D eigenvalue weighted by Gasteiger charge is -2.27. The summed E-state index contributed by atoms with van der Waals surface area (Å²) in [5.41, 5.74) is 2.98. The molecular weight excluding hydrogens is 527 g/mol. The number of methoxy groups -OCH3 is 2. The molecular formula is C29H34Cl2N2O5. The summed E-state index contributed by atoms with van der Waals surface area (Å²) < 4.78 is 21.7. The zero-order valence-corrected chi connectivity index (χ0v) is 23.3. The number of hydrogen-bond donors (Lipinski definition) is 1. The number of hydrogen-bond acceptors (Lipinski definition) is 6. The van der Waals surface area contributed by atoms with Crippen molar-refractivity contribution in [3.8, 4) is 11.5 Å². The SMILES string of the molecule is COCc1ccc(Cl)c(Cl)c1.COc1ccccc1COCCCOc1ccc(N2CCNCC2=O)cc1. The first-order chi connectivity index (χ1) is 18.5. The monoisotopic (exact) mass is 560 g/mol. The third-order valence-corrected chi connectivity index (χ3v) is 6.42. The Hall–Kier alpha value is -2.81. The maximum Gasteiger partial charge on any atom is 0.240 e. The highest BCUT2D eigenvalue weighted by atomic mass is 35.5. The van der Waals surface area contributed by atoms with Crippen LogP contribution in [0.5, 0.6) is 11.5 Å². The van der Waals surface area contributed by atoms with Crippen LogP contribution in [0.25, 0.3) is 0 Å². The quantitative estimate of drug-likeness (QED) is 0.301. The molecule has 7 nitrogen and oxygen atoms in total. The molecule has 204 valence electrons. The number of rotatable bonds is 11. The minimum atomic E-state index is 0.0992. The highest BCUT2D eigenvalue weighted by Gasteiger charge is 2.18. The standard InChI is InChI=1S/C21H26N2O4.C8H8Cl2O/c1-25-20-6-3-2-5-17(20)16-26-13-4-14-27-19-9-7-18(8-10-19)23-12-11-22-15-21(23)24;1-11-5-6-2-3-7(9)8(10)4-6/h2-3,5-10,22H,4,11-16H2,1H3;2-4H,5H2,1H3. The molecule has 0 atom stereocenters. The van der Waals surface area contributed by atoms with Crippen molar-refractivity contribution in [1.29, 1.82) is 0 Å². The van der Waals surface area contributed by atoms with Crippen LogP contribution in [0.1, 0.15) is 17.5 Å². The highest BCUT2D eigenvalue weighted by Crippen LogP contribution is 2.23. The third-order valence-electron chi connectivity index (χ3n) is 5.68. The molecule has 0 aromatic heterocycles. The van der Waals surface area contributed by atoms with Crippen molar-refractivity contribution >= 4 is 34.8 Å². The number of para-hydroxylation sites is 1. The molecule has 0 saturated carbocycles. The van der Waals surface area contributed by atoms with Gasteiger partial charge in [0.1, 0.15) is 11.5 Å². The second-order valence-corrected chi connectivity index (χ2v) is 9.28. The Morgan fingerprint density at radius 3 is 2.42 bits per heavy atom. The molecule has 1 saturated heterocycles. The minimum Gasteiger partial charge on any atom is -0.496 e. The van der Waals surface area contributed by atoms with Crippen LogP contribution in [0.2, 0.25) is 10.0 Å². The molecule has 1 heterocycles. The molecule has 3 aromatic carbocycles. The zero-order valence-electron chi connectivity index (χ0n) is 21.8. The Bertz CT molecular complexity index is 1140. The van der Waals surface area contributed by atoms with Gasteiger partial charge in [-0.05, 0) is 48.0 Å².